The molecule has 0 saturated carbocycles. The number of rotatable bonds is 3. The number of fused-ring (bicyclic) bond motifs is 1. The van der Waals surface area contributed by atoms with Crippen LogP contribution in [0.15, 0.2) is 18.2 Å². The van der Waals surface area contributed by atoms with Gasteiger partial charge in [-0.15, -0.1) is 12.4 Å². The minimum atomic E-state index is -0.225. The van der Waals surface area contributed by atoms with E-state index in [1.54, 1.807) is 23.9 Å². The summed E-state index contributed by atoms with van der Waals surface area (Å²) in [5.41, 5.74) is 2.31. The van der Waals surface area contributed by atoms with Crippen molar-refractivity contribution in [2.75, 3.05) is 23.7 Å². The molecule has 2 aliphatic rings. The number of aryl methyl sites for hydroxylation is 2. The van der Waals surface area contributed by atoms with E-state index < -0.39 is 0 Å². The normalized spacial score (nSPS) is 16.9. The van der Waals surface area contributed by atoms with Gasteiger partial charge in [-0.05, 0) is 56.1 Å². The highest BCUT2D eigenvalue weighted by atomic mass is 35.5. The summed E-state index contributed by atoms with van der Waals surface area (Å²) in [4.78, 5) is 28.6. The average molecular weight is 391 g/mol. The Hall–Kier alpha value is -2.45. The van der Waals surface area contributed by atoms with Gasteiger partial charge in [-0.3, -0.25) is 14.9 Å². The maximum Gasteiger partial charge on any atom is 0.258 e. The number of anilines is 2. The third-order valence-electron chi connectivity index (χ3n) is 4.97. The molecule has 9 heteroatoms. The van der Waals surface area contributed by atoms with E-state index in [4.69, 9.17) is 0 Å². The summed E-state index contributed by atoms with van der Waals surface area (Å²) >= 11 is 0. The molecule has 0 unspecified atom stereocenters. The van der Waals surface area contributed by atoms with Crippen molar-refractivity contribution in [1.29, 1.82) is 0 Å². The van der Waals surface area contributed by atoms with Gasteiger partial charge in [0.1, 0.15) is 0 Å². The standard InChI is InChI=1S/C18H22N6O2.ClH/c1-24-18(21-16(23-24)11-6-8-19-9-7-11)22-17(26)13-2-4-14-12(10-13)3-5-15(25)20-14;/h2,4,10-11,19H,3,5-9H2,1H3,(H,20,25)(H,21,22,23,26);1H. The van der Waals surface area contributed by atoms with Crippen LogP contribution in [0.3, 0.4) is 0 Å². The van der Waals surface area contributed by atoms with Crippen molar-refractivity contribution < 1.29 is 9.59 Å². The summed E-state index contributed by atoms with van der Waals surface area (Å²) in [7, 11) is 1.79. The number of nitrogens with zero attached hydrogens (tertiary/aromatic N) is 3. The van der Waals surface area contributed by atoms with Gasteiger partial charge in [0.15, 0.2) is 5.82 Å². The second-order valence-electron chi connectivity index (χ2n) is 6.82. The lowest BCUT2D eigenvalue weighted by atomic mass is 9.98. The topological polar surface area (TPSA) is 101 Å². The van der Waals surface area contributed by atoms with Gasteiger partial charge in [-0.2, -0.15) is 10.1 Å². The van der Waals surface area contributed by atoms with Gasteiger partial charge in [0.25, 0.3) is 5.91 Å². The van der Waals surface area contributed by atoms with E-state index in [2.05, 4.69) is 26.0 Å². The molecule has 144 valence electrons. The second-order valence-corrected chi connectivity index (χ2v) is 6.82. The van der Waals surface area contributed by atoms with Crippen molar-refractivity contribution in [2.24, 2.45) is 7.05 Å². The molecule has 0 bridgehead atoms. The fourth-order valence-electron chi connectivity index (χ4n) is 3.46. The lowest BCUT2D eigenvalue weighted by molar-refractivity contribution is -0.116. The number of piperidine rings is 1. The average Bonchev–Trinajstić information content (AvgIpc) is 3.02. The fourth-order valence-corrected chi connectivity index (χ4v) is 3.46. The molecule has 1 saturated heterocycles. The molecule has 8 nitrogen and oxygen atoms in total. The summed E-state index contributed by atoms with van der Waals surface area (Å²) in [6.07, 6.45) is 3.11. The summed E-state index contributed by atoms with van der Waals surface area (Å²) in [5, 5.41) is 13.5. The molecule has 1 aromatic carbocycles. The predicted octanol–water partition coefficient (Wildman–Crippen LogP) is 1.84. The zero-order valence-corrected chi connectivity index (χ0v) is 15.9. The van der Waals surface area contributed by atoms with Gasteiger partial charge in [-0.25, -0.2) is 4.68 Å². The Morgan fingerprint density at radius 2 is 2.04 bits per heavy atom. The zero-order valence-electron chi connectivity index (χ0n) is 15.1. The van der Waals surface area contributed by atoms with Crippen molar-refractivity contribution in [3.05, 3.63) is 35.2 Å². The minimum Gasteiger partial charge on any atom is -0.326 e. The van der Waals surface area contributed by atoms with Crippen LogP contribution in [0.4, 0.5) is 11.6 Å². The highest BCUT2D eigenvalue weighted by molar-refractivity contribution is 6.04. The molecule has 1 fully saturated rings. The molecule has 0 spiro atoms. The molecular weight excluding hydrogens is 368 g/mol. The second kappa shape index (κ2) is 8.06. The first-order chi connectivity index (χ1) is 12.6. The van der Waals surface area contributed by atoms with Crippen LogP contribution >= 0.6 is 12.4 Å². The number of amides is 2. The molecule has 0 radical (unpaired) electrons. The Balaban J connectivity index is 0.00000210. The van der Waals surface area contributed by atoms with Crippen molar-refractivity contribution in [1.82, 2.24) is 20.1 Å². The van der Waals surface area contributed by atoms with Gasteiger partial charge < -0.3 is 10.6 Å². The van der Waals surface area contributed by atoms with Crippen LogP contribution in [0.25, 0.3) is 0 Å². The van der Waals surface area contributed by atoms with E-state index in [0.29, 0.717) is 30.3 Å². The van der Waals surface area contributed by atoms with Crippen LogP contribution in [-0.4, -0.2) is 39.7 Å². The van der Waals surface area contributed by atoms with Crippen LogP contribution in [0, 0.1) is 0 Å². The number of hydrogen-bond acceptors (Lipinski definition) is 5. The maximum absolute atomic E-state index is 12.6. The summed E-state index contributed by atoms with van der Waals surface area (Å²) in [6, 6.07) is 5.32. The van der Waals surface area contributed by atoms with Crippen molar-refractivity contribution in [3.8, 4) is 0 Å². The third kappa shape index (κ3) is 4.12. The summed E-state index contributed by atoms with van der Waals surface area (Å²) in [5.74, 6) is 1.36. The van der Waals surface area contributed by atoms with Gasteiger partial charge >= 0.3 is 0 Å². The fraction of sp³-hybridized carbons (Fsp3) is 0.444. The largest absolute Gasteiger partial charge is 0.326 e. The first kappa shape index (κ1) is 19.3. The van der Waals surface area contributed by atoms with E-state index in [1.165, 1.54) is 0 Å². The molecule has 0 aliphatic carbocycles. The van der Waals surface area contributed by atoms with Crippen LogP contribution in [-0.2, 0) is 18.3 Å². The monoisotopic (exact) mass is 390 g/mol. The summed E-state index contributed by atoms with van der Waals surface area (Å²) in [6.45, 7) is 1.94. The molecule has 4 rings (SSSR count). The Kier molecular flexibility index (Phi) is 5.76. The lowest BCUT2D eigenvalue weighted by Gasteiger charge is -2.19. The molecular formula is C18H23ClN6O2. The van der Waals surface area contributed by atoms with Crippen molar-refractivity contribution in [2.45, 2.75) is 31.6 Å². The maximum atomic E-state index is 12.6. The quantitative estimate of drug-likeness (QED) is 0.742. The van der Waals surface area contributed by atoms with Gasteiger partial charge in [-0.1, -0.05) is 0 Å². The molecule has 1 aromatic heterocycles. The minimum absolute atomic E-state index is 0. The van der Waals surface area contributed by atoms with Gasteiger partial charge in [0, 0.05) is 30.6 Å². The first-order valence-corrected chi connectivity index (χ1v) is 8.96. The Bertz CT molecular complexity index is 860. The number of halogens is 1. The Labute approximate surface area is 163 Å². The number of hydrogen-bond donors (Lipinski definition) is 3. The number of benzene rings is 1. The zero-order chi connectivity index (χ0) is 18.1. The van der Waals surface area contributed by atoms with Crippen molar-refractivity contribution in [3.63, 3.8) is 0 Å². The first-order valence-electron chi connectivity index (χ1n) is 8.96. The Morgan fingerprint density at radius 3 is 2.81 bits per heavy atom. The molecule has 3 N–H and O–H groups in total. The number of carbonyl (C=O) groups excluding carboxylic acids is 2. The van der Waals surface area contributed by atoms with E-state index >= 15 is 0 Å². The van der Waals surface area contributed by atoms with Crippen molar-refractivity contribution >= 4 is 35.9 Å². The molecule has 2 aliphatic heterocycles. The van der Waals surface area contributed by atoms with Crippen LogP contribution in [0.1, 0.15) is 46.9 Å². The Morgan fingerprint density at radius 1 is 1.26 bits per heavy atom. The molecule has 27 heavy (non-hydrogen) atoms. The van der Waals surface area contributed by atoms with E-state index in [-0.39, 0.29) is 24.2 Å². The SMILES string of the molecule is Cl.Cn1nc(C2CCNCC2)nc1NC(=O)c1ccc2c(c1)CCC(=O)N2. The van der Waals surface area contributed by atoms with Crippen LogP contribution < -0.4 is 16.0 Å². The smallest absolute Gasteiger partial charge is 0.258 e. The van der Waals surface area contributed by atoms with Gasteiger partial charge in [0.2, 0.25) is 11.9 Å². The summed E-state index contributed by atoms with van der Waals surface area (Å²) < 4.78 is 1.62. The number of aromatic nitrogens is 3. The highest BCUT2D eigenvalue weighted by Gasteiger charge is 2.22. The third-order valence-corrected chi connectivity index (χ3v) is 4.97. The van der Waals surface area contributed by atoms with E-state index in [9.17, 15) is 9.59 Å². The molecule has 3 heterocycles. The van der Waals surface area contributed by atoms with Crippen LogP contribution in [0.5, 0.6) is 0 Å². The molecule has 2 aromatic rings. The number of carbonyl (C=O) groups is 2. The molecule has 2 amide bonds. The van der Waals surface area contributed by atoms with Gasteiger partial charge in [0.05, 0.1) is 0 Å². The highest BCUT2D eigenvalue weighted by Crippen LogP contribution is 2.25. The predicted molar refractivity (Wildman–Crippen MR) is 104 cm³/mol. The van der Waals surface area contributed by atoms with E-state index in [1.807, 2.05) is 6.07 Å². The van der Waals surface area contributed by atoms with Crippen LogP contribution in [0.2, 0.25) is 0 Å². The van der Waals surface area contributed by atoms with E-state index in [0.717, 1.165) is 43.0 Å². The lowest BCUT2D eigenvalue weighted by Crippen LogP contribution is -2.27. The number of nitrogens with one attached hydrogen (secondary N) is 3. The molecule has 0 atom stereocenters.